The van der Waals surface area contributed by atoms with Crippen molar-refractivity contribution in [2.45, 2.75) is 10.3 Å². The smallest absolute Gasteiger partial charge is 0.406 e. The van der Waals surface area contributed by atoms with Crippen molar-refractivity contribution in [1.29, 1.82) is 0 Å². The predicted molar refractivity (Wildman–Crippen MR) is 36.9 cm³/mol. The molecule has 2 N–H and O–H groups in total. The lowest BCUT2D eigenvalue weighted by Gasteiger charge is -2.11. The summed E-state index contributed by atoms with van der Waals surface area (Å²) in [6.07, 6.45) is -0.818. The molecule has 5 heteroatoms. The second-order valence-electron chi connectivity index (χ2n) is 1.23. The second-order valence-corrected chi connectivity index (χ2v) is 5.32. The molecule has 0 spiro atoms. The average Bonchev–Trinajstić information content (AvgIpc) is 1.21. The maximum absolute atomic E-state index is 9.95. The molecule has 0 aliphatic rings. The van der Waals surface area contributed by atoms with E-state index in [4.69, 9.17) is 0 Å². The second kappa shape index (κ2) is 2.68. The van der Waals surface area contributed by atoms with Crippen LogP contribution in [0.1, 0.15) is 6.92 Å². The summed E-state index contributed by atoms with van der Waals surface area (Å²) in [5.41, 5.74) is 4.66. The Hall–Kier alpha value is 0.230. The molecule has 0 aromatic rings. The molecular weight excluding hydrogens is 242 g/mol. The van der Waals surface area contributed by atoms with Gasteiger partial charge in [0.2, 0.25) is 3.42 Å². The van der Waals surface area contributed by atoms with E-state index in [0.717, 1.165) is 0 Å². The quantitative estimate of drug-likeness (QED) is 0.714. The highest BCUT2D eigenvalue weighted by molar-refractivity contribution is 9.25. The SMILES string of the molecule is CC(Br)(Br)OC(N)=O. The van der Waals surface area contributed by atoms with E-state index in [1.807, 2.05) is 0 Å². The topological polar surface area (TPSA) is 52.3 Å². The zero-order valence-electron chi connectivity index (χ0n) is 4.15. The summed E-state index contributed by atoms with van der Waals surface area (Å²) in [7, 11) is 0. The Morgan fingerprint density at radius 2 is 2.12 bits per heavy atom. The number of hydrogen-bond donors (Lipinski definition) is 1. The number of halogens is 2. The molecule has 0 saturated heterocycles. The van der Waals surface area contributed by atoms with E-state index in [-0.39, 0.29) is 0 Å². The first-order chi connectivity index (χ1) is 3.42. The molecule has 0 bridgehead atoms. The van der Waals surface area contributed by atoms with Crippen LogP contribution in [0.2, 0.25) is 0 Å². The number of hydrogen-bond acceptors (Lipinski definition) is 2. The molecule has 0 aromatic heterocycles. The van der Waals surface area contributed by atoms with Crippen molar-refractivity contribution in [3.63, 3.8) is 0 Å². The summed E-state index contributed by atoms with van der Waals surface area (Å²) in [5.74, 6) is 0. The minimum Gasteiger partial charge on any atom is -0.421 e. The molecule has 0 heterocycles. The van der Waals surface area contributed by atoms with Gasteiger partial charge in [0.25, 0.3) is 0 Å². The van der Waals surface area contributed by atoms with Gasteiger partial charge in [-0.2, -0.15) is 0 Å². The first kappa shape index (κ1) is 8.23. The Labute approximate surface area is 63.8 Å². The van der Waals surface area contributed by atoms with Crippen LogP contribution < -0.4 is 5.73 Å². The Morgan fingerprint density at radius 3 is 2.12 bits per heavy atom. The van der Waals surface area contributed by atoms with Crippen molar-refractivity contribution in [3.8, 4) is 0 Å². The number of primary amides is 1. The molecule has 0 aromatic carbocycles. The molecule has 1 amide bonds. The predicted octanol–water partition coefficient (Wildman–Crippen LogP) is 1.55. The minimum atomic E-state index is -0.828. The van der Waals surface area contributed by atoms with Crippen LogP contribution in [0.25, 0.3) is 0 Å². The van der Waals surface area contributed by atoms with Crippen molar-refractivity contribution in [1.82, 2.24) is 0 Å². The van der Waals surface area contributed by atoms with Crippen LogP contribution in [0, 0.1) is 0 Å². The van der Waals surface area contributed by atoms with Crippen molar-refractivity contribution in [3.05, 3.63) is 0 Å². The Morgan fingerprint density at radius 1 is 1.75 bits per heavy atom. The number of ether oxygens (including phenoxy) is 1. The summed E-state index contributed by atoms with van der Waals surface area (Å²) < 4.78 is 3.58. The monoisotopic (exact) mass is 245 g/mol. The molecule has 8 heavy (non-hydrogen) atoms. The van der Waals surface area contributed by atoms with Gasteiger partial charge in [-0.1, -0.05) is 0 Å². The molecular formula is C3H5Br2NO2. The lowest BCUT2D eigenvalue weighted by atomic mass is 10.9. The van der Waals surface area contributed by atoms with Crippen LogP contribution in [0.3, 0.4) is 0 Å². The van der Waals surface area contributed by atoms with Gasteiger partial charge in [-0.05, 0) is 38.8 Å². The highest BCUT2D eigenvalue weighted by atomic mass is 79.9. The Kier molecular flexibility index (Phi) is 2.76. The normalized spacial score (nSPS) is 10.9. The molecule has 0 aliphatic heterocycles. The summed E-state index contributed by atoms with van der Waals surface area (Å²) in [5, 5.41) is 0. The van der Waals surface area contributed by atoms with Crippen molar-refractivity contribution in [2.24, 2.45) is 5.73 Å². The zero-order valence-corrected chi connectivity index (χ0v) is 7.32. The Bertz CT molecular complexity index is 97.9. The summed E-state index contributed by atoms with van der Waals surface area (Å²) in [6.45, 7) is 1.60. The van der Waals surface area contributed by atoms with E-state index in [9.17, 15) is 4.79 Å². The van der Waals surface area contributed by atoms with Gasteiger partial charge in [0.1, 0.15) is 0 Å². The first-order valence-corrected chi connectivity index (χ1v) is 3.37. The van der Waals surface area contributed by atoms with Gasteiger partial charge < -0.3 is 10.5 Å². The zero-order chi connectivity index (χ0) is 6.78. The fourth-order valence-electron chi connectivity index (χ4n) is 0.177. The van der Waals surface area contributed by atoms with E-state index >= 15 is 0 Å². The van der Waals surface area contributed by atoms with Gasteiger partial charge in [0.15, 0.2) is 0 Å². The first-order valence-electron chi connectivity index (χ1n) is 1.78. The molecule has 48 valence electrons. The summed E-state index contributed by atoms with van der Waals surface area (Å²) in [6, 6.07) is 0. The Balaban J connectivity index is 3.55. The highest BCUT2D eigenvalue weighted by Gasteiger charge is 2.17. The molecule has 0 rings (SSSR count). The number of rotatable bonds is 1. The van der Waals surface area contributed by atoms with Gasteiger partial charge in [0.05, 0.1) is 0 Å². The van der Waals surface area contributed by atoms with Crippen LogP contribution in [-0.2, 0) is 4.74 Å². The maximum Gasteiger partial charge on any atom is 0.406 e. The average molecular weight is 247 g/mol. The van der Waals surface area contributed by atoms with E-state index in [0.29, 0.717) is 0 Å². The van der Waals surface area contributed by atoms with Crippen LogP contribution in [-0.4, -0.2) is 9.51 Å². The number of carbonyl (C=O) groups is 1. The van der Waals surface area contributed by atoms with E-state index < -0.39 is 9.51 Å². The molecule has 3 nitrogen and oxygen atoms in total. The third-order valence-electron chi connectivity index (χ3n) is 0.280. The van der Waals surface area contributed by atoms with Crippen molar-refractivity contribution >= 4 is 38.0 Å². The third-order valence-corrected chi connectivity index (χ3v) is 0.604. The van der Waals surface area contributed by atoms with E-state index in [2.05, 4.69) is 42.3 Å². The summed E-state index contributed by atoms with van der Waals surface area (Å²) >= 11 is 5.95. The molecule has 0 aliphatic carbocycles. The van der Waals surface area contributed by atoms with Crippen LogP contribution in [0.15, 0.2) is 0 Å². The van der Waals surface area contributed by atoms with Crippen LogP contribution in [0.5, 0.6) is 0 Å². The largest absolute Gasteiger partial charge is 0.421 e. The fourth-order valence-corrected chi connectivity index (χ4v) is 0.496. The van der Waals surface area contributed by atoms with Gasteiger partial charge in [-0.15, -0.1) is 0 Å². The van der Waals surface area contributed by atoms with Crippen molar-refractivity contribution < 1.29 is 9.53 Å². The third kappa shape index (κ3) is 6.23. The lowest BCUT2D eigenvalue weighted by Crippen LogP contribution is -2.22. The lowest BCUT2D eigenvalue weighted by molar-refractivity contribution is 0.145. The van der Waals surface area contributed by atoms with E-state index in [1.54, 1.807) is 6.92 Å². The van der Waals surface area contributed by atoms with Gasteiger partial charge in [-0.25, -0.2) is 4.79 Å². The van der Waals surface area contributed by atoms with Gasteiger partial charge >= 0.3 is 6.09 Å². The number of nitrogens with two attached hydrogens (primary N) is 1. The number of carbonyl (C=O) groups excluding carboxylic acids is 1. The summed E-state index contributed by atoms with van der Waals surface area (Å²) in [4.78, 5) is 9.95. The van der Waals surface area contributed by atoms with E-state index in [1.165, 1.54) is 0 Å². The molecule has 0 fully saturated rings. The number of amides is 1. The molecule has 0 unspecified atom stereocenters. The highest BCUT2D eigenvalue weighted by Crippen LogP contribution is 2.25. The molecule has 0 atom stereocenters. The van der Waals surface area contributed by atoms with Gasteiger partial charge in [0, 0.05) is 0 Å². The maximum atomic E-state index is 9.95. The van der Waals surface area contributed by atoms with Gasteiger partial charge in [-0.3, -0.25) is 0 Å². The van der Waals surface area contributed by atoms with Crippen LogP contribution >= 0.6 is 31.9 Å². The van der Waals surface area contributed by atoms with Crippen LogP contribution in [0.4, 0.5) is 4.79 Å². The molecule has 0 saturated carbocycles. The minimum absolute atomic E-state index is 0.818. The fraction of sp³-hybridized carbons (Fsp3) is 0.667. The van der Waals surface area contributed by atoms with Crippen molar-refractivity contribution in [2.75, 3.05) is 0 Å². The standard InChI is InChI=1S/C3H5Br2NO2/c1-3(4,5)8-2(6)7/h1H3,(H2,6,7). The molecule has 0 radical (unpaired) electrons. The number of alkyl halides is 2.